The van der Waals surface area contributed by atoms with Crippen LogP contribution in [0.25, 0.3) is 0 Å². The number of hydrogen-bond donors (Lipinski definition) is 0. The Balaban J connectivity index is 1.77. The minimum absolute atomic E-state index is 0.125. The Morgan fingerprint density at radius 1 is 1.29 bits per heavy atom. The van der Waals surface area contributed by atoms with Gasteiger partial charge in [0, 0.05) is 0 Å². The number of hydrogen-bond acceptors (Lipinski definition) is 5. The van der Waals surface area contributed by atoms with Gasteiger partial charge in [-0.15, -0.1) is 5.06 Å². The molecule has 0 spiro atoms. The van der Waals surface area contributed by atoms with Crippen LogP contribution in [-0.4, -0.2) is 35.6 Å². The highest BCUT2D eigenvalue weighted by molar-refractivity contribution is 5.74. The minimum atomic E-state index is -0.603. The van der Waals surface area contributed by atoms with Gasteiger partial charge in [0.05, 0.1) is 25.1 Å². The average Bonchev–Trinajstić information content (AvgIpc) is 2.92. The molecule has 21 heavy (non-hydrogen) atoms. The van der Waals surface area contributed by atoms with Crippen molar-refractivity contribution in [3.8, 4) is 0 Å². The molecule has 2 heterocycles. The lowest BCUT2D eigenvalue weighted by atomic mass is 9.97. The fourth-order valence-corrected chi connectivity index (χ4v) is 2.94. The lowest BCUT2D eigenvalue weighted by Gasteiger charge is -2.27. The largest absolute Gasteiger partial charge is 0.367 e. The fourth-order valence-electron chi connectivity index (χ4n) is 2.94. The summed E-state index contributed by atoms with van der Waals surface area (Å²) < 4.78 is 11.6. The van der Waals surface area contributed by atoms with E-state index in [2.05, 4.69) is 0 Å². The number of ether oxygens (including phenoxy) is 2. The van der Waals surface area contributed by atoms with Crippen LogP contribution in [0.5, 0.6) is 0 Å². The van der Waals surface area contributed by atoms with Gasteiger partial charge in [-0.05, 0) is 19.4 Å². The second kappa shape index (κ2) is 5.40. The van der Waals surface area contributed by atoms with Crippen LogP contribution in [0.15, 0.2) is 30.3 Å². The van der Waals surface area contributed by atoms with Gasteiger partial charge < -0.3 is 14.3 Å². The third kappa shape index (κ3) is 2.95. The first-order valence-corrected chi connectivity index (χ1v) is 7.30. The lowest BCUT2D eigenvalue weighted by Crippen LogP contribution is -2.43. The van der Waals surface area contributed by atoms with Crippen LogP contribution in [0, 0.1) is 5.92 Å². The molecule has 2 fully saturated rings. The topological polar surface area (TPSA) is 48.0 Å². The molecule has 0 aromatic heterocycles. The first kappa shape index (κ1) is 14.5. The second-order valence-electron chi connectivity index (χ2n) is 6.12. The molecular weight excluding hydrogens is 270 g/mol. The minimum Gasteiger partial charge on any atom is -0.367 e. The van der Waals surface area contributed by atoms with E-state index in [1.165, 1.54) is 0 Å². The molecule has 3 rings (SSSR count). The highest BCUT2D eigenvalue weighted by atomic mass is 16.8. The molecule has 0 amide bonds. The number of carbonyl (C=O) groups excluding carboxylic acids is 1. The summed E-state index contributed by atoms with van der Waals surface area (Å²) in [7, 11) is 0. The van der Waals surface area contributed by atoms with Crippen LogP contribution in [0.4, 0.5) is 0 Å². The highest BCUT2D eigenvalue weighted by Crippen LogP contribution is 2.34. The van der Waals surface area contributed by atoms with Crippen LogP contribution in [0.1, 0.15) is 26.3 Å². The third-order valence-corrected chi connectivity index (χ3v) is 4.02. The molecule has 114 valence electrons. The Hall–Kier alpha value is -1.43. The Kier molecular flexibility index (Phi) is 3.73. The normalized spacial score (nSPS) is 32.3. The van der Waals surface area contributed by atoms with Crippen LogP contribution >= 0.6 is 0 Å². The monoisotopic (exact) mass is 291 g/mol. The van der Waals surface area contributed by atoms with E-state index in [-0.39, 0.29) is 24.0 Å². The van der Waals surface area contributed by atoms with Gasteiger partial charge in [-0.25, -0.2) is 4.79 Å². The van der Waals surface area contributed by atoms with Crippen molar-refractivity contribution in [2.75, 3.05) is 6.61 Å². The predicted molar refractivity (Wildman–Crippen MR) is 75.9 cm³/mol. The summed E-state index contributed by atoms with van der Waals surface area (Å²) in [5.41, 5.74) is 1.10. The maximum Gasteiger partial charge on any atom is 0.329 e. The number of hydroxylamine groups is 2. The average molecular weight is 291 g/mol. The van der Waals surface area contributed by atoms with Crippen molar-refractivity contribution in [1.82, 2.24) is 5.06 Å². The standard InChI is InChI=1S/C16H21NO4/c1-11-14(13-10-19-16(2,3)20-13)17(21-15(11)18)9-12-7-5-4-6-8-12/h4-8,11,13-14H,9-10H2,1-3H3. The molecule has 1 aromatic rings. The van der Waals surface area contributed by atoms with Gasteiger partial charge in [0.25, 0.3) is 0 Å². The van der Waals surface area contributed by atoms with E-state index in [9.17, 15) is 4.79 Å². The Morgan fingerprint density at radius 2 is 2.00 bits per heavy atom. The molecule has 2 aliphatic heterocycles. The fraction of sp³-hybridized carbons (Fsp3) is 0.562. The van der Waals surface area contributed by atoms with Gasteiger partial charge in [0.2, 0.25) is 0 Å². The van der Waals surface area contributed by atoms with Gasteiger partial charge >= 0.3 is 5.97 Å². The Morgan fingerprint density at radius 3 is 2.62 bits per heavy atom. The van der Waals surface area contributed by atoms with Crippen molar-refractivity contribution in [3.63, 3.8) is 0 Å². The van der Waals surface area contributed by atoms with Gasteiger partial charge in [-0.2, -0.15) is 0 Å². The first-order valence-electron chi connectivity index (χ1n) is 7.30. The molecule has 1 aromatic carbocycles. The van der Waals surface area contributed by atoms with Crippen LogP contribution in [0.3, 0.4) is 0 Å². The lowest BCUT2D eigenvalue weighted by molar-refractivity contribution is -0.191. The van der Waals surface area contributed by atoms with E-state index in [0.717, 1.165) is 5.56 Å². The molecule has 0 saturated carbocycles. The number of rotatable bonds is 3. The summed E-state index contributed by atoms with van der Waals surface area (Å²) in [5, 5.41) is 1.73. The van der Waals surface area contributed by atoms with Gasteiger partial charge in [0.1, 0.15) is 6.10 Å². The summed E-state index contributed by atoms with van der Waals surface area (Å²) in [5.74, 6) is -1.03. The van der Waals surface area contributed by atoms with Crippen molar-refractivity contribution < 1.29 is 19.1 Å². The SMILES string of the molecule is CC1C(=O)ON(Cc2ccccc2)C1C1COC(C)(C)O1. The summed E-state index contributed by atoms with van der Waals surface area (Å²) in [6.07, 6.45) is -0.162. The molecule has 0 aliphatic carbocycles. The summed E-state index contributed by atoms with van der Waals surface area (Å²) in [4.78, 5) is 17.4. The number of nitrogens with zero attached hydrogens (tertiary/aromatic N) is 1. The van der Waals surface area contributed by atoms with Crippen molar-refractivity contribution in [2.24, 2.45) is 5.92 Å². The van der Waals surface area contributed by atoms with Crippen molar-refractivity contribution in [1.29, 1.82) is 0 Å². The Bertz CT molecular complexity index is 516. The molecule has 2 aliphatic rings. The number of carbonyl (C=O) groups is 1. The molecule has 3 unspecified atom stereocenters. The van der Waals surface area contributed by atoms with Crippen molar-refractivity contribution in [2.45, 2.75) is 45.2 Å². The van der Waals surface area contributed by atoms with E-state index in [1.807, 2.05) is 51.1 Å². The van der Waals surface area contributed by atoms with Gasteiger partial charge in [-0.1, -0.05) is 37.3 Å². The maximum absolute atomic E-state index is 11.9. The zero-order valence-corrected chi connectivity index (χ0v) is 12.6. The van der Waals surface area contributed by atoms with E-state index in [1.54, 1.807) is 5.06 Å². The van der Waals surface area contributed by atoms with Crippen molar-refractivity contribution >= 4 is 5.97 Å². The highest BCUT2D eigenvalue weighted by Gasteiger charge is 2.49. The predicted octanol–water partition coefficient (Wildman–Crippen LogP) is 2.12. The van der Waals surface area contributed by atoms with E-state index < -0.39 is 5.79 Å². The first-order chi connectivity index (χ1) is 9.96. The quantitative estimate of drug-likeness (QED) is 0.853. The van der Waals surface area contributed by atoms with E-state index >= 15 is 0 Å². The summed E-state index contributed by atoms with van der Waals surface area (Å²) >= 11 is 0. The molecule has 0 bridgehead atoms. The molecule has 5 nitrogen and oxygen atoms in total. The zero-order chi connectivity index (χ0) is 15.0. The summed E-state index contributed by atoms with van der Waals surface area (Å²) in [6, 6.07) is 9.83. The Labute approximate surface area is 124 Å². The molecular formula is C16H21NO4. The van der Waals surface area contributed by atoms with Crippen molar-refractivity contribution in [3.05, 3.63) is 35.9 Å². The molecule has 2 saturated heterocycles. The second-order valence-corrected chi connectivity index (χ2v) is 6.12. The molecule has 0 N–H and O–H groups in total. The molecule has 5 heteroatoms. The van der Waals surface area contributed by atoms with Crippen LogP contribution < -0.4 is 0 Å². The van der Waals surface area contributed by atoms with Gasteiger partial charge in [-0.3, -0.25) is 0 Å². The van der Waals surface area contributed by atoms with E-state index in [0.29, 0.717) is 13.2 Å². The van der Waals surface area contributed by atoms with Crippen LogP contribution in [0.2, 0.25) is 0 Å². The third-order valence-electron chi connectivity index (χ3n) is 4.02. The zero-order valence-electron chi connectivity index (χ0n) is 12.6. The molecule has 0 radical (unpaired) electrons. The summed E-state index contributed by atoms with van der Waals surface area (Å²) in [6.45, 7) is 6.69. The smallest absolute Gasteiger partial charge is 0.329 e. The number of benzene rings is 1. The molecule has 3 atom stereocenters. The van der Waals surface area contributed by atoms with Crippen LogP contribution in [-0.2, 0) is 25.7 Å². The van der Waals surface area contributed by atoms with E-state index in [4.69, 9.17) is 14.3 Å². The van der Waals surface area contributed by atoms with Gasteiger partial charge in [0.15, 0.2) is 5.79 Å². The maximum atomic E-state index is 11.9.